The lowest BCUT2D eigenvalue weighted by Crippen LogP contribution is -2.37. The Bertz CT molecular complexity index is 1280. The Kier molecular flexibility index (Phi) is 9.76. The second-order valence-electron chi connectivity index (χ2n) is 12.9. The lowest BCUT2D eigenvalue weighted by atomic mass is 9.68. The Morgan fingerprint density at radius 2 is 1.26 bits per heavy atom. The summed E-state index contributed by atoms with van der Waals surface area (Å²) in [6.07, 6.45) is 4.51. The van der Waals surface area contributed by atoms with Crippen LogP contribution in [0.2, 0.25) is 0 Å². The Labute approximate surface area is 247 Å². The van der Waals surface area contributed by atoms with Crippen LogP contribution in [0.1, 0.15) is 101 Å². The molecule has 43 heavy (non-hydrogen) atoms. The molecule has 236 valence electrons. The molecule has 0 heterocycles. The molecule has 0 amide bonds. The molecular formula is C34H38F8O. The summed E-state index contributed by atoms with van der Waals surface area (Å²) in [5.74, 6) is -9.39. The molecule has 0 bridgehead atoms. The summed E-state index contributed by atoms with van der Waals surface area (Å²) in [5.41, 5.74) is 0.302. The van der Waals surface area contributed by atoms with Gasteiger partial charge in [-0.15, -0.1) is 0 Å². The fourth-order valence-electron chi connectivity index (χ4n) is 7.47. The zero-order valence-electron chi connectivity index (χ0n) is 24.3. The third-order valence-corrected chi connectivity index (χ3v) is 10.2. The third kappa shape index (κ3) is 7.22. The second-order valence-corrected chi connectivity index (χ2v) is 12.9. The van der Waals surface area contributed by atoms with Crippen molar-refractivity contribution in [1.29, 1.82) is 0 Å². The van der Waals surface area contributed by atoms with Crippen LogP contribution in [-0.4, -0.2) is 6.11 Å². The van der Waals surface area contributed by atoms with Crippen LogP contribution in [0.15, 0.2) is 36.2 Å². The quantitative estimate of drug-likeness (QED) is 0.223. The Hall–Kier alpha value is -2.58. The molecule has 3 aliphatic rings. The molecule has 2 aromatic carbocycles. The van der Waals surface area contributed by atoms with Crippen molar-refractivity contribution in [3.63, 3.8) is 0 Å². The van der Waals surface area contributed by atoms with Gasteiger partial charge in [-0.05, 0) is 106 Å². The number of hydrogen-bond donors (Lipinski definition) is 0. The molecule has 0 aliphatic heterocycles. The van der Waals surface area contributed by atoms with Gasteiger partial charge in [-0.3, -0.25) is 0 Å². The maximum atomic E-state index is 15.1. The highest BCUT2D eigenvalue weighted by atomic mass is 19.3. The number of benzene rings is 2. The largest absolute Gasteiger partial charge is 0.432 e. The minimum Gasteiger partial charge on any atom is -0.432 e. The van der Waals surface area contributed by atoms with Gasteiger partial charge < -0.3 is 4.74 Å². The van der Waals surface area contributed by atoms with Crippen molar-refractivity contribution in [3.8, 4) is 5.75 Å². The first-order valence-electron chi connectivity index (χ1n) is 15.5. The molecule has 9 heteroatoms. The van der Waals surface area contributed by atoms with Gasteiger partial charge in [-0.25, -0.2) is 26.3 Å². The van der Waals surface area contributed by atoms with Crippen molar-refractivity contribution >= 4 is 5.83 Å². The summed E-state index contributed by atoms with van der Waals surface area (Å²) in [7, 11) is 0. The van der Waals surface area contributed by atoms with Gasteiger partial charge in [0.1, 0.15) is 17.4 Å². The average molecular weight is 615 g/mol. The molecule has 0 aromatic heterocycles. The summed E-state index contributed by atoms with van der Waals surface area (Å²) in [4.78, 5) is 0. The van der Waals surface area contributed by atoms with Crippen molar-refractivity contribution in [1.82, 2.24) is 0 Å². The molecule has 0 atom stereocenters. The molecule has 1 nitrogen and oxygen atoms in total. The van der Waals surface area contributed by atoms with Crippen LogP contribution in [0, 0.1) is 52.9 Å². The SMILES string of the molecule is CC1CCC(C2CCC(c3ccc(/C(F)=C(\F)C4CCC(C(F)(F)Oc5cc(F)c(F)c(F)c5)CC4)c(F)c3)CC2)CC1. The van der Waals surface area contributed by atoms with Crippen LogP contribution in [-0.2, 0) is 0 Å². The van der Waals surface area contributed by atoms with Crippen molar-refractivity contribution in [2.24, 2.45) is 29.6 Å². The van der Waals surface area contributed by atoms with Crippen LogP contribution in [0.3, 0.4) is 0 Å². The molecule has 0 N–H and O–H groups in total. The number of rotatable bonds is 7. The van der Waals surface area contributed by atoms with Crippen molar-refractivity contribution < 1.29 is 39.9 Å². The van der Waals surface area contributed by atoms with Gasteiger partial charge in [-0.2, -0.15) is 8.78 Å². The number of hydrogen-bond acceptors (Lipinski definition) is 1. The van der Waals surface area contributed by atoms with Gasteiger partial charge in [-0.1, -0.05) is 25.8 Å². The number of halogens is 8. The van der Waals surface area contributed by atoms with E-state index in [2.05, 4.69) is 11.7 Å². The van der Waals surface area contributed by atoms with Crippen molar-refractivity contribution in [2.75, 3.05) is 0 Å². The molecule has 0 unspecified atom stereocenters. The van der Waals surface area contributed by atoms with Crippen LogP contribution in [0.25, 0.3) is 5.83 Å². The van der Waals surface area contributed by atoms with E-state index in [1.165, 1.54) is 37.8 Å². The predicted molar refractivity (Wildman–Crippen MR) is 149 cm³/mol. The second kappa shape index (κ2) is 13.2. The normalized spacial score (nSPS) is 29.2. The van der Waals surface area contributed by atoms with Crippen LogP contribution < -0.4 is 4.74 Å². The van der Waals surface area contributed by atoms with Gasteiger partial charge in [0.05, 0.1) is 5.92 Å². The molecule has 3 saturated carbocycles. The first-order valence-corrected chi connectivity index (χ1v) is 15.5. The first-order chi connectivity index (χ1) is 20.4. The van der Waals surface area contributed by atoms with Crippen LogP contribution >= 0.6 is 0 Å². The monoisotopic (exact) mass is 614 g/mol. The maximum absolute atomic E-state index is 15.1. The number of ether oxygens (including phenoxy) is 1. The summed E-state index contributed by atoms with van der Waals surface area (Å²) in [5, 5.41) is 0. The van der Waals surface area contributed by atoms with E-state index in [9.17, 15) is 22.0 Å². The summed E-state index contributed by atoms with van der Waals surface area (Å²) >= 11 is 0. The molecule has 5 rings (SSSR count). The summed E-state index contributed by atoms with van der Waals surface area (Å²) < 4.78 is 119. The summed E-state index contributed by atoms with van der Waals surface area (Å²) in [6.45, 7) is 2.31. The zero-order chi connectivity index (χ0) is 30.9. The molecule has 2 aromatic rings. The smallest absolute Gasteiger partial charge is 0.400 e. The van der Waals surface area contributed by atoms with Gasteiger partial charge in [0.25, 0.3) is 0 Å². The fourth-order valence-corrected chi connectivity index (χ4v) is 7.47. The van der Waals surface area contributed by atoms with E-state index < -0.39 is 64.2 Å². The van der Waals surface area contributed by atoms with E-state index in [0.29, 0.717) is 18.1 Å². The number of allylic oxidation sites excluding steroid dienone is 1. The molecule has 0 saturated heterocycles. The van der Waals surface area contributed by atoms with E-state index in [0.717, 1.165) is 43.1 Å². The number of alkyl halides is 2. The standard InChI is InChI=1S/C34H38F8O/c1-19-2-4-20(5-3-19)21-6-8-22(9-7-21)24-12-15-27(28(35)16-24)32(39)31(38)23-10-13-25(14-11-23)34(41,42)43-26-17-29(36)33(40)30(37)18-26/h12,15-23,25H,2-11,13-14H2,1H3/b32-31+. The average Bonchev–Trinajstić information content (AvgIpc) is 2.99. The predicted octanol–water partition coefficient (Wildman–Crippen LogP) is 11.4. The summed E-state index contributed by atoms with van der Waals surface area (Å²) in [6, 6.07) is 4.86. The van der Waals surface area contributed by atoms with Gasteiger partial charge >= 0.3 is 6.11 Å². The lowest BCUT2D eigenvalue weighted by molar-refractivity contribution is -0.223. The van der Waals surface area contributed by atoms with Gasteiger partial charge in [0.15, 0.2) is 23.3 Å². The molecule has 3 aliphatic carbocycles. The maximum Gasteiger partial charge on any atom is 0.400 e. The highest BCUT2D eigenvalue weighted by molar-refractivity contribution is 5.62. The van der Waals surface area contributed by atoms with E-state index in [1.807, 2.05) is 0 Å². The topological polar surface area (TPSA) is 9.23 Å². The van der Waals surface area contributed by atoms with E-state index >= 15 is 13.2 Å². The first kappa shape index (κ1) is 31.8. The Balaban J connectivity index is 1.17. The zero-order valence-corrected chi connectivity index (χ0v) is 24.3. The van der Waals surface area contributed by atoms with Crippen molar-refractivity contribution in [2.45, 2.75) is 96.0 Å². The fraction of sp³-hybridized carbons (Fsp3) is 0.588. The molecule has 0 spiro atoms. The highest BCUT2D eigenvalue weighted by Crippen LogP contribution is 2.46. The van der Waals surface area contributed by atoms with Gasteiger partial charge in [0, 0.05) is 23.6 Å². The minimum atomic E-state index is -3.88. The van der Waals surface area contributed by atoms with E-state index in [4.69, 9.17) is 0 Å². The van der Waals surface area contributed by atoms with E-state index in [1.54, 1.807) is 6.07 Å². The lowest BCUT2D eigenvalue weighted by Gasteiger charge is -2.37. The van der Waals surface area contributed by atoms with Crippen LogP contribution in [0.5, 0.6) is 5.75 Å². The van der Waals surface area contributed by atoms with E-state index in [-0.39, 0.29) is 31.6 Å². The van der Waals surface area contributed by atoms with Crippen molar-refractivity contribution in [3.05, 3.63) is 70.6 Å². The van der Waals surface area contributed by atoms with Gasteiger partial charge in [0.2, 0.25) is 0 Å². The Morgan fingerprint density at radius 1 is 0.698 bits per heavy atom. The molecule has 0 radical (unpaired) electrons. The molecule has 3 fully saturated rings. The highest BCUT2D eigenvalue weighted by Gasteiger charge is 2.45. The minimum absolute atomic E-state index is 0.155. The van der Waals surface area contributed by atoms with Crippen LogP contribution in [0.4, 0.5) is 35.1 Å². The third-order valence-electron chi connectivity index (χ3n) is 10.2. The molecular weight excluding hydrogens is 576 g/mol. The Morgan fingerprint density at radius 3 is 1.81 bits per heavy atom.